The second kappa shape index (κ2) is 4.61. The lowest BCUT2D eigenvalue weighted by Gasteiger charge is -2.05. The molecule has 0 unspecified atom stereocenters. The van der Waals surface area contributed by atoms with Crippen molar-refractivity contribution in [2.75, 3.05) is 5.73 Å². The molecule has 2 aromatic heterocycles. The molecule has 0 aliphatic heterocycles. The summed E-state index contributed by atoms with van der Waals surface area (Å²) in [5.41, 5.74) is 6.65. The van der Waals surface area contributed by atoms with Crippen LogP contribution in [0, 0.1) is 0 Å². The quantitative estimate of drug-likeness (QED) is 0.833. The molecule has 0 saturated heterocycles. The molecule has 0 spiro atoms. The van der Waals surface area contributed by atoms with Gasteiger partial charge in [-0.15, -0.1) is 0 Å². The molecule has 0 bridgehead atoms. The van der Waals surface area contributed by atoms with Gasteiger partial charge in [0.2, 0.25) is 0 Å². The molecule has 0 aliphatic rings. The highest BCUT2D eigenvalue weighted by atomic mass is 16.1. The van der Waals surface area contributed by atoms with Gasteiger partial charge in [-0.1, -0.05) is 6.07 Å². The van der Waals surface area contributed by atoms with Crippen molar-refractivity contribution in [2.45, 2.75) is 13.0 Å². The first-order valence-electron chi connectivity index (χ1n) is 5.12. The zero-order chi connectivity index (χ0) is 11.4. The number of nitrogens with two attached hydrogens (primary N) is 1. The first kappa shape index (κ1) is 10.4. The molecule has 2 heterocycles. The van der Waals surface area contributed by atoms with Gasteiger partial charge in [0.15, 0.2) is 0 Å². The smallest absolute Gasteiger partial charge is 0.273 e. The fourth-order valence-corrected chi connectivity index (χ4v) is 1.51. The Morgan fingerprint density at radius 1 is 1.25 bits per heavy atom. The van der Waals surface area contributed by atoms with Gasteiger partial charge in [-0.25, -0.2) is 0 Å². The number of rotatable bonds is 3. The molecule has 0 fully saturated rings. The molecule has 16 heavy (non-hydrogen) atoms. The van der Waals surface area contributed by atoms with E-state index in [-0.39, 0.29) is 11.2 Å². The Labute approximate surface area is 93.4 Å². The van der Waals surface area contributed by atoms with Crippen molar-refractivity contribution < 1.29 is 0 Å². The number of hydrogen-bond donors (Lipinski definition) is 1. The second-order valence-corrected chi connectivity index (χ2v) is 3.53. The zero-order valence-corrected chi connectivity index (χ0v) is 8.84. The first-order chi connectivity index (χ1) is 7.77. The number of nitrogens with zero attached hydrogens (tertiary/aromatic N) is 2. The fraction of sp³-hybridized carbons (Fsp3) is 0.167. The third kappa shape index (κ3) is 2.28. The zero-order valence-electron chi connectivity index (χ0n) is 8.84. The minimum atomic E-state index is -0.140. The molecule has 0 aromatic carbocycles. The molecule has 0 saturated carbocycles. The van der Waals surface area contributed by atoms with Crippen molar-refractivity contribution in [1.82, 2.24) is 9.55 Å². The summed E-state index contributed by atoms with van der Waals surface area (Å²) in [6, 6.07) is 9.13. The molecule has 0 radical (unpaired) electrons. The van der Waals surface area contributed by atoms with Crippen LogP contribution >= 0.6 is 0 Å². The predicted molar refractivity (Wildman–Crippen MR) is 63.1 cm³/mol. The lowest BCUT2D eigenvalue weighted by Crippen LogP contribution is -2.22. The van der Waals surface area contributed by atoms with Gasteiger partial charge in [-0.3, -0.25) is 9.78 Å². The summed E-state index contributed by atoms with van der Waals surface area (Å²) in [5, 5.41) is 0. The van der Waals surface area contributed by atoms with E-state index >= 15 is 0 Å². The van der Waals surface area contributed by atoms with Crippen molar-refractivity contribution in [3.05, 3.63) is 58.8 Å². The topological polar surface area (TPSA) is 60.9 Å². The van der Waals surface area contributed by atoms with Crippen LogP contribution in [-0.4, -0.2) is 9.55 Å². The van der Waals surface area contributed by atoms with E-state index in [1.807, 2.05) is 18.2 Å². The van der Waals surface area contributed by atoms with Crippen molar-refractivity contribution in [3.8, 4) is 0 Å². The molecule has 0 aliphatic carbocycles. The van der Waals surface area contributed by atoms with Gasteiger partial charge in [0.1, 0.15) is 0 Å². The monoisotopic (exact) mass is 215 g/mol. The fourth-order valence-electron chi connectivity index (χ4n) is 1.51. The van der Waals surface area contributed by atoms with Gasteiger partial charge in [0.25, 0.3) is 5.56 Å². The second-order valence-electron chi connectivity index (χ2n) is 3.53. The molecule has 2 aromatic rings. The van der Waals surface area contributed by atoms with E-state index in [9.17, 15) is 4.79 Å². The number of aryl methyl sites for hydroxylation is 2. The molecular weight excluding hydrogens is 202 g/mol. The van der Waals surface area contributed by atoms with Crippen LogP contribution in [0.1, 0.15) is 5.69 Å². The van der Waals surface area contributed by atoms with Crippen LogP contribution < -0.4 is 11.3 Å². The Balaban J connectivity index is 2.11. The average Bonchev–Trinajstić information content (AvgIpc) is 2.32. The Bertz CT molecular complexity index is 519. The molecule has 2 rings (SSSR count). The lowest BCUT2D eigenvalue weighted by molar-refractivity contribution is 0.662. The van der Waals surface area contributed by atoms with Crippen molar-refractivity contribution in [2.24, 2.45) is 0 Å². The maximum absolute atomic E-state index is 11.6. The maximum Gasteiger partial charge on any atom is 0.273 e. The number of anilines is 1. The Hall–Kier alpha value is -2.10. The third-order valence-electron chi connectivity index (χ3n) is 2.38. The summed E-state index contributed by atoms with van der Waals surface area (Å²) in [4.78, 5) is 15.8. The summed E-state index contributed by atoms with van der Waals surface area (Å²) in [6.07, 6.45) is 4.21. The number of aromatic nitrogens is 2. The van der Waals surface area contributed by atoms with Gasteiger partial charge in [0, 0.05) is 31.1 Å². The standard InChI is InChI=1S/C12H13N3O/c13-11-5-3-8-15(12(11)16)9-6-10-4-1-2-7-14-10/h1-5,7-8H,6,9,13H2. The Morgan fingerprint density at radius 2 is 2.12 bits per heavy atom. The molecule has 4 nitrogen and oxygen atoms in total. The maximum atomic E-state index is 11.6. The Kier molecular flexibility index (Phi) is 3.00. The molecule has 0 amide bonds. The molecule has 4 heteroatoms. The highest BCUT2D eigenvalue weighted by molar-refractivity contribution is 5.33. The molecular formula is C12H13N3O. The van der Waals surface area contributed by atoms with E-state index in [1.54, 1.807) is 29.1 Å². The first-order valence-corrected chi connectivity index (χ1v) is 5.12. The number of pyridine rings is 2. The van der Waals surface area contributed by atoms with Gasteiger partial charge in [-0.2, -0.15) is 0 Å². The molecule has 82 valence electrons. The van der Waals surface area contributed by atoms with E-state index < -0.39 is 0 Å². The minimum Gasteiger partial charge on any atom is -0.394 e. The highest BCUT2D eigenvalue weighted by Gasteiger charge is 1.99. The highest BCUT2D eigenvalue weighted by Crippen LogP contribution is 1.98. The normalized spacial score (nSPS) is 10.2. The minimum absolute atomic E-state index is 0.140. The van der Waals surface area contributed by atoms with Crippen LogP contribution in [0.3, 0.4) is 0 Å². The van der Waals surface area contributed by atoms with Gasteiger partial charge in [-0.05, 0) is 24.3 Å². The predicted octanol–water partition coefficient (Wildman–Crippen LogP) is 1.07. The summed E-state index contributed by atoms with van der Waals surface area (Å²) >= 11 is 0. The van der Waals surface area contributed by atoms with Crippen LogP contribution in [0.2, 0.25) is 0 Å². The lowest BCUT2D eigenvalue weighted by atomic mass is 10.2. The summed E-state index contributed by atoms with van der Waals surface area (Å²) in [6.45, 7) is 0.598. The summed E-state index contributed by atoms with van der Waals surface area (Å²) in [7, 11) is 0. The largest absolute Gasteiger partial charge is 0.394 e. The average molecular weight is 215 g/mol. The summed E-state index contributed by atoms with van der Waals surface area (Å²) < 4.78 is 1.60. The van der Waals surface area contributed by atoms with E-state index in [2.05, 4.69) is 4.98 Å². The summed E-state index contributed by atoms with van der Waals surface area (Å²) in [5.74, 6) is 0. The number of nitrogen functional groups attached to an aromatic ring is 1. The van der Waals surface area contributed by atoms with Crippen LogP contribution in [-0.2, 0) is 13.0 Å². The van der Waals surface area contributed by atoms with Crippen LogP contribution in [0.4, 0.5) is 5.69 Å². The van der Waals surface area contributed by atoms with Crippen molar-refractivity contribution in [3.63, 3.8) is 0 Å². The Morgan fingerprint density at radius 3 is 2.88 bits per heavy atom. The van der Waals surface area contributed by atoms with Crippen molar-refractivity contribution >= 4 is 5.69 Å². The van der Waals surface area contributed by atoms with Crippen molar-refractivity contribution in [1.29, 1.82) is 0 Å². The van der Waals surface area contributed by atoms with E-state index in [1.165, 1.54) is 0 Å². The SMILES string of the molecule is Nc1cccn(CCc2ccccn2)c1=O. The van der Waals surface area contributed by atoms with Gasteiger partial charge < -0.3 is 10.3 Å². The third-order valence-corrected chi connectivity index (χ3v) is 2.38. The van der Waals surface area contributed by atoms with Crippen LogP contribution in [0.5, 0.6) is 0 Å². The van der Waals surface area contributed by atoms with Gasteiger partial charge >= 0.3 is 0 Å². The van der Waals surface area contributed by atoms with Gasteiger partial charge in [0.05, 0.1) is 5.69 Å². The van der Waals surface area contributed by atoms with E-state index in [0.717, 1.165) is 12.1 Å². The van der Waals surface area contributed by atoms with E-state index in [0.29, 0.717) is 6.54 Å². The number of hydrogen-bond acceptors (Lipinski definition) is 3. The van der Waals surface area contributed by atoms with Crippen LogP contribution in [0.15, 0.2) is 47.5 Å². The molecule has 0 atom stereocenters. The van der Waals surface area contributed by atoms with E-state index in [4.69, 9.17) is 5.73 Å². The van der Waals surface area contributed by atoms with Crippen LogP contribution in [0.25, 0.3) is 0 Å². The molecule has 2 N–H and O–H groups in total.